The van der Waals surface area contributed by atoms with Crippen LogP contribution in [0.2, 0.25) is 5.02 Å². The summed E-state index contributed by atoms with van der Waals surface area (Å²) in [4.78, 5) is 37.2. The second kappa shape index (κ2) is 6.81. The number of carboxylic acids is 1. The van der Waals surface area contributed by atoms with Gasteiger partial charge in [-0.25, -0.2) is 0 Å². The molecule has 2 fully saturated rings. The highest BCUT2D eigenvalue weighted by atomic mass is 35.5. The van der Waals surface area contributed by atoms with Crippen LogP contribution >= 0.6 is 11.6 Å². The van der Waals surface area contributed by atoms with Crippen LogP contribution in [0.5, 0.6) is 0 Å². The van der Waals surface area contributed by atoms with Crippen molar-refractivity contribution in [3.8, 4) is 0 Å². The number of hydrogen-bond donors (Lipinski definition) is 2. The third kappa shape index (κ3) is 3.53. The number of carboxylic acid groups (broad SMARTS) is 1. The number of nitrogens with zero attached hydrogens (tertiary/aromatic N) is 1. The fourth-order valence-electron chi connectivity index (χ4n) is 3.41. The van der Waals surface area contributed by atoms with Crippen molar-refractivity contribution < 1.29 is 19.5 Å². The van der Waals surface area contributed by atoms with Gasteiger partial charge in [0, 0.05) is 29.7 Å². The van der Waals surface area contributed by atoms with Crippen molar-refractivity contribution in [1.29, 1.82) is 0 Å². The molecule has 3 atom stereocenters. The van der Waals surface area contributed by atoms with Crippen molar-refractivity contribution in [2.75, 3.05) is 11.4 Å². The Hall–Kier alpha value is -2.08. The summed E-state index contributed by atoms with van der Waals surface area (Å²) >= 11 is 5.85. The normalized spacial score (nSPS) is 26.6. The van der Waals surface area contributed by atoms with Crippen molar-refractivity contribution in [2.24, 2.45) is 11.8 Å². The summed E-state index contributed by atoms with van der Waals surface area (Å²) in [5, 5.41) is 12.5. The molecule has 0 aromatic heterocycles. The molecule has 1 saturated carbocycles. The maximum atomic E-state index is 12.4. The van der Waals surface area contributed by atoms with E-state index in [-0.39, 0.29) is 30.2 Å². The minimum Gasteiger partial charge on any atom is -0.481 e. The Balaban J connectivity index is 1.58. The number of hydrogen-bond acceptors (Lipinski definition) is 3. The van der Waals surface area contributed by atoms with E-state index >= 15 is 0 Å². The molecular formula is C17H19ClN2O4. The van der Waals surface area contributed by atoms with Crippen molar-refractivity contribution in [3.05, 3.63) is 29.3 Å². The molecule has 0 spiro atoms. The molecule has 1 aliphatic carbocycles. The van der Waals surface area contributed by atoms with Gasteiger partial charge in [0.2, 0.25) is 11.8 Å². The molecule has 2 aliphatic rings. The summed E-state index contributed by atoms with van der Waals surface area (Å²) in [5.41, 5.74) is 0.728. The van der Waals surface area contributed by atoms with Gasteiger partial charge in [-0.2, -0.15) is 0 Å². The van der Waals surface area contributed by atoms with E-state index in [0.29, 0.717) is 30.8 Å². The lowest BCUT2D eigenvalue weighted by atomic mass is 10.1. The van der Waals surface area contributed by atoms with Crippen LogP contribution in [-0.2, 0) is 14.4 Å². The SMILES string of the molecule is O=C(N[C@H]1CC[C@@H](C(=O)O)C1)C1CC(=O)N(c2ccc(Cl)cc2)C1. The van der Waals surface area contributed by atoms with Gasteiger partial charge in [0.15, 0.2) is 0 Å². The molecule has 1 aromatic rings. The number of carbonyl (C=O) groups is 3. The van der Waals surface area contributed by atoms with Gasteiger partial charge in [-0.15, -0.1) is 0 Å². The summed E-state index contributed by atoms with van der Waals surface area (Å²) in [7, 11) is 0. The molecule has 2 N–H and O–H groups in total. The lowest BCUT2D eigenvalue weighted by Gasteiger charge is -2.18. The lowest BCUT2D eigenvalue weighted by Crippen LogP contribution is -2.39. The molecular weight excluding hydrogens is 332 g/mol. The molecule has 0 bridgehead atoms. The third-order valence-electron chi connectivity index (χ3n) is 4.76. The van der Waals surface area contributed by atoms with Gasteiger partial charge >= 0.3 is 5.97 Å². The van der Waals surface area contributed by atoms with E-state index < -0.39 is 11.9 Å². The molecule has 128 valence electrons. The summed E-state index contributed by atoms with van der Waals surface area (Å²) < 4.78 is 0. The fourth-order valence-corrected chi connectivity index (χ4v) is 3.54. The number of anilines is 1. The first-order valence-corrected chi connectivity index (χ1v) is 8.41. The van der Waals surface area contributed by atoms with E-state index in [1.807, 2.05) is 0 Å². The summed E-state index contributed by atoms with van der Waals surface area (Å²) in [6.45, 7) is 0.335. The van der Waals surface area contributed by atoms with Gasteiger partial charge < -0.3 is 15.3 Å². The first-order chi connectivity index (χ1) is 11.4. The third-order valence-corrected chi connectivity index (χ3v) is 5.01. The first kappa shape index (κ1) is 16.8. The van der Waals surface area contributed by atoms with Crippen molar-refractivity contribution >= 4 is 35.1 Å². The highest BCUT2D eigenvalue weighted by Gasteiger charge is 2.37. The highest BCUT2D eigenvalue weighted by Crippen LogP contribution is 2.29. The quantitative estimate of drug-likeness (QED) is 0.870. The minimum absolute atomic E-state index is 0.0905. The smallest absolute Gasteiger partial charge is 0.306 e. The number of benzene rings is 1. The Bertz CT molecular complexity index is 661. The summed E-state index contributed by atoms with van der Waals surface area (Å²) in [6, 6.07) is 6.83. The second-order valence-corrected chi connectivity index (χ2v) is 6.87. The van der Waals surface area contributed by atoms with Crippen LogP contribution in [0.3, 0.4) is 0 Å². The Kier molecular flexibility index (Phi) is 4.76. The number of amides is 2. The zero-order valence-electron chi connectivity index (χ0n) is 13.1. The monoisotopic (exact) mass is 350 g/mol. The molecule has 1 aliphatic heterocycles. The highest BCUT2D eigenvalue weighted by molar-refractivity contribution is 6.30. The summed E-state index contributed by atoms with van der Waals surface area (Å²) in [5.74, 6) is -1.86. The van der Waals surface area contributed by atoms with E-state index in [9.17, 15) is 14.4 Å². The predicted octanol–water partition coefficient (Wildman–Crippen LogP) is 2.06. The van der Waals surface area contributed by atoms with Gasteiger partial charge in [0.1, 0.15) is 0 Å². The predicted molar refractivity (Wildman–Crippen MR) is 88.8 cm³/mol. The molecule has 3 rings (SSSR count). The van der Waals surface area contributed by atoms with Crippen LogP contribution in [0.25, 0.3) is 0 Å². The molecule has 24 heavy (non-hydrogen) atoms. The summed E-state index contributed by atoms with van der Waals surface area (Å²) in [6.07, 6.45) is 1.89. The van der Waals surface area contributed by atoms with Gasteiger partial charge in [-0.3, -0.25) is 14.4 Å². The topological polar surface area (TPSA) is 86.7 Å². The number of carbonyl (C=O) groups excluding carboxylic acids is 2. The van der Waals surface area contributed by atoms with Gasteiger partial charge in [0.05, 0.1) is 11.8 Å². The average molecular weight is 351 g/mol. The molecule has 7 heteroatoms. The van der Waals surface area contributed by atoms with Crippen molar-refractivity contribution in [3.63, 3.8) is 0 Å². The van der Waals surface area contributed by atoms with Gasteiger partial charge in [0.25, 0.3) is 0 Å². The minimum atomic E-state index is -0.809. The fraction of sp³-hybridized carbons (Fsp3) is 0.471. The number of halogens is 1. The molecule has 1 unspecified atom stereocenters. The zero-order valence-corrected chi connectivity index (χ0v) is 13.8. The van der Waals surface area contributed by atoms with Gasteiger partial charge in [-0.1, -0.05) is 11.6 Å². The molecule has 0 radical (unpaired) electrons. The van der Waals surface area contributed by atoms with Gasteiger partial charge in [-0.05, 0) is 43.5 Å². The lowest BCUT2D eigenvalue weighted by molar-refractivity contribution is -0.141. The molecule has 1 aromatic carbocycles. The van der Waals surface area contributed by atoms with Crippen LogP contribution in [0, 0.1) is 11.8 Å². The molecule has 6 nitrogen and oxygen atoms in total. The zero-order chi connectivity index (χ0) is 17.3. The van der Waals surface area contributed by atoms with Crippen LogP contribution in [-0.4, -0.2) is 35.5 Å². The maximum absolute atomic E-state index is 12.4. The van der Waals surface area contributed by atoms with Crippen molar-refractivity contribution in [2.45, 2.75) is 31.7 Å². The van der Waals surface area contributed by atoms with Crippen LogP contribution in [0.15, 0.2) is 24.3 Å². The molecule has 1 saturated heterocycles. The number of nitrogens with one attached hydrogen (secondary N) is 1. The van der Waals surface area contributed by atoms with E-state index in [2.05, 4.69) is 5.32 Å². The number of rotatable bonds is 4. The largest absolute Gasteiger partial charge is 0.481 e. The van der Waals surface area contributed by atoms with Crippen LogP contribution < -0.4 is 10.2 Å². The van der Waals surface area contributed by atoms with Crippen LogP contribution in [0.1, 0.15) is 25.7 Å². The van der Waals surface area contributed by atoms with Crippen LogP contribution in [0.4, 0.5) is 5.69 Å². The van der Waals surface area contributed by atoms with E-state index in [1.165, 1.54) is 0 Å². The Morgan fingerprint density at radius 3 is 2.50 bits per heavy atom. The second-order valence-electron chi connectivity index (χ2n) is 6.44. The maximum Gasteiger partial charge on any atom is 0.306 e. The van der Waals surface area contributed by atoms with E-state index in [0.717, 1.165) is 5.69 Å². The Labute approximate surface area is 144 Å². The molecule has 2 amide bonds. The van der Waals surface area contributed by atoms with Crippen molar-refractivity contribution in [1.82, 2.24) is 5.32 Å². The van der Waals surface area contributed by atoms with E-state index in [4.69, 9.17) is 16.7 Å². The standard InChI is InChI=1S/C17H19ClN2O4/c18-12-2-5-14(6-3-12)20-9-11(8-15(20)21)16(22)19-13-4-1-10(7-13)17(23)24/h2-3,5-6,10-11,13H,1,4,7-9H2,(H,19,22)(H,23,24)/t10-,11?,13+/m1/s1. The number of aliphatic carboxylic acids is 1. The van der Waals surface area contributed by atoms with E-state index in [1.54, 1.807) is 29.2 Å². The first-order valence-electron chi connectivity index (χ1n) is 8.03. The molecule has 1 heterocycles. The Morgan fingerprint density at radius 2 is 1.88 bits per heavy atom. The Morgan fingerprint density at radius 1 is 1.17 bits per heavy atom. The average Bonchev–Trinajstić information content (AvgIpc) is 3.15.